The van der Waals surface area contributed by atoms with Crippen LogP contribution in [0, 0.1) is 0 Å². The van der Waals surface area contributed by atoms with Gasteiger partial charge < -0.3 is 10.2 Å². The van der Waals surface area contributed by atoms with E-state index >= 15 is 0 Å². The molecule has 1 amide bonds. The minimum atomic E-state index is 0. The summed E-state index contributed by atoms with van der Waals surface area (Å²) in [6.45, 7) is 3.92. The Kier molecular flexibility index (Phi) is 2.96. The largest absolute Gasteiger partial charge is 0.337 e. The highest BCUT2D eigenvalue weighted by atomic mass is 35.5. The second-order valence-electron chi connectivity index (χ2n) is 3.46. The molecule has 1 N–H and O–H groups in total. The number of halogens is 1. The number of hydrogen-bond acceptors (Lipinski definition) is 2. The summed E-state index contributed by atoms with van der Waals surface area (Å²) in [4.78, 5) is 13.5. The number of hydrogen-bond donors (Lipinski definition) is 1. The normalized spacial score (nSPS) is 34.4. The van der Waals surface area contributed by atoms with Gasteiger partial charge in [-0.15, -0.1) is 12.4 Å². The number of carbonyl (C=O) groups is 1. The van der Waals surface area contributed by atoms with Crippen LogP contribution >= 0.6 is 12.4 Å². The molecule has 0 aliphatic carbocycles. The monoisotopic (exact) mass is 190 g/mol. The number of nitrogens with one attached hydrogen (secondary N) is 1. The maximum atomic E-state index is 11.5. The fourth-order valence-electron chi connectivity index (χ4n) is 1.99. The molecule has 2 atom stereocenters. The second kappa shape index (κ2) is 3.62. The van der Waals surface area contributed by atoms with Crippen molar-refractivity contribution in [3.05, 3.63) is 0 Å². The summed E-state index contributed by atoms with van der Waals surface area (Å²) in [5.41, 5.74) is 0. The van der Waals surface area contributed by atoms with Crippen molar-refractivity contribution in [3.8, 4) is 0 Å². The smallest absolute Gasteiger partial charge is 0.239 e. The van der Waals surface area contributed by atoms with Gasteiger partial charge in [-0.05, 0) is 19.8 Å². The van der Waals surface area contributed by atoms with Crippen molar-refractivity contribution in [2.45, 2.75) is 31.8 Å². The van der Waals surface area contributed by atoms with Gasteiger partial charge in [-0.2, -0.15) is 0 Å². The Balaban J connectivity index is 0.000000720. The van der Waals surface area contributed by atoms with Crippen LogP contribution in [0.5, 0.6) is 0 Å². The summed E-state index contributed by atoms with van der Waals surface area (Å²) in [6, 6.07) is 0.544. The predicted octanol–water partition coefficient (Wildman–Crippen LogP) is 0.391. The molecular weight excluding hydrogens is 176 g/mol. The van der Waals surface area contributed by atoms with E-state index in [9.17, 15) is 4.79 Å². The minimum absolute atomic E-state index is 0. The molecule has 70 valence electrons. The summed E-state index contributed by atoms with van der Waals surface area (Å²) >= 11 is 0. The number of amides is 1. The molecule has 0 aromatic rings. The van der Waals surface area contributed by atoms with Gasteiger partial charge in [-0.3, -0.25) is 4.79 Å². The Morgan fingerprint density at radius 1 is 1.58 bits per heavy atom. The van der Waals surface area contributed by atoms with Gasteiger partial charge in [0.25, 0.3) is 0 Å². The third kappa shape index (κ3) is 1.43. The Labute approximate surface area is 78.9 Å². The maximum Gasteiger partial charge on any atom is 0.239 e. The van der Waals surface area contributed by atoms with Crippen molar-refractivity contribution < 1.29 is 4.79 Å². The molecule has 2 fully saturated rings. The second-order valence-corrected chi connectivity index (χ2v) is 3.46. The Morgan fingerprint density at radius 3 is 3.08 bits per heavy atom. The van der Waals surface area contributed by atoms with Gasteiger partial charge in [0.1, 0.15) is 0 Å². The van der Waals surface area contributed by atoms with Crippen molar-refractivity contribution in [3.63, 3.8) is 0 Å². The molecule has 2 heterocycles. The van der Waals surface area contributed by atoms with Gasteiger partial charge in [-0.1, -0.05) is 0 Å². The average Bonchev–Trinajstić information content (AvgIpc) is 2.45. The molecule has 4 heteroatoms. The minimum Gasteiger partial charge on any atom is -0.337 e. The van der Waals surface area contributed by atoms with Crippen LogP contribution in [-0.2, 0) is 4.79 Å². The third-order valence-electron chi connectivity index (χ3n) is 2.69. The van der Waals surface area contributed by atoms with Crippen LogP contribution < -0.4 is 5.32 Å². The number of nitrogens with zero attached hydrogens (tertiary/aromatic N) is 1. The van der Waals surface area contributed by atoms with E-state index in [-0.39, 0.29) is 18.4 Å². The van der Waals surface area contributed by atoms with Gasteiger partial charge in [0.15, 0.2) is 0 Å². The molecule has 2 saturated heterocycles. The standard InChI is InChI=1S/C8H14N2O.ClH/c1-6-8(11)10-4-2-3-7(10)5-9-6;/h6-7,9H,2-5H2,1H3;1H/t6-,7-;/m0./s1. The fraction of sp³-hybridized carbons (Fsp3) is 0.875. The van der Waals surface area contributed by atoms with Crippen molar-refractivity contribution in [1.82, 2.24) is 10.2 Å². The molecule has 3 nitrogen and oxygen atoms in total. The topological polar surface area (TPSA) is 32.3 Å². The van der Waals surface area contributed by atoms with E-state index in [4.69, 9.17) is 0 Å². The van der Waals surface area contributed by atoms with Crippen molar-refractivity contribution in [2.75, 3.05) is 13.1 Å². The lowest BCUT2D eigenvalue weighted by atomic mass is 10.1. The Bertz CT molecular complexity index is 186. The van der Waals surface area contributed by atoms with Crippen LogP contribution in [0.2, 0.25) is 0 Å². The zero-order valence-electron chi connectivity index (χ0n) is 7.25. The first kappa shape index (κ1) is 9.81. The van der Waals surface area contributed by atoms with E-state index in [0.717, 1.165) is 13.1 Å². The summed E-state index contributed by atoms with van der Waals surface area (Å²) in [7, 11) is 0. The molecule has 0 aromatic heterocycles. The van der Waals surface area contributed by atoms with Gasteiger partial charge >= 0.3 is 0 Å². The van der Waals surface area contributed by atoms with Crippen molar-refractivity contribution in [1.29, 1.82) is 0 Å². The molecule has 2 aliphatic heterocycles. The quantitative estimate of drug-likeness (QED) is 0.600. The zero-order valence-corrected chi connectivity index (χ0v) is 8.06. The maximum absolute atomic E-state index is 11.5. The summed E-state index contributed by atoms with van der Waals surface area (Å²) in [6.07, 6.45) is 2.37. The summed E-state index contributed by atoms with van der Waals surface area (Å²) in [5, 5.41) is 3.21. The lowest BCUT2D eigenvalue weighted by Gasteiger charge is -2.33. The Hall–Kier alpha value is -0.280. The first-order valence-electron chi connectivity index (χ1n) is 4.33. The fourth-order valence-corrected chi connectivity index (χ4v) is 1.99. The first-order chi connectivity index (χ1) is 5.29. The molecule has 0 saturated carbocycles. The number of carbonyl (C=O) groups excluding carboxylic acids is 1. The van der Waals surface area contributed by atoms with Crippen LogP contribution in [0.15, 0.2) is 0 Å². The number of fused-ring (bicyclic) bond motifs is 1. The molecule has 2 rings (SSSR count). The zero-order chi connectivity index (χ0) is 7.84. The van der Waals surface area contributed by atoms with Crippen LogP contribution in [0.3, 0.4) is 0 Å². The average molecular weight is 191 g/mol. The molecular formula is C8H15ClN2O. The van der Waals surface area contributed by atoms with Gasteiger partial charge in [0.05, 0.1) is 6.04 Å². The number of piperazine rings is 1. The highest BCUT2D eigenvalue weighted by Crippen LogP contribution is 2.20. The van der Waals surface area contributed by atoms with Gasteiger partial charge in [0.2, 0.25) is 5.91 Å². The molecule has 12 heavy (non-hydrogen) atoms. The first-order valence-corrected chi connectivity index (χ1v) is 4.33. The van der Waals surface area contributed by atoms with E-state index in [0.29, 0.717) is 11.9 Å². The van der Waals surface area contributed by atoms with Crippen LogP contribution in [0.1, 0.15) is 19.8 Å². The van der Waals surface area contributed by atoms with Crippen molar-refractivity contribution >= 4 is 18.3 Å². The molecule has 0 aromatic carbocycles. The molecule has 0 radical (unpaired) electrons. The molecule has 0 spiro atoms. The summed E-state index contributed by atoms with van der Waals surface area (Å²) < 4.78 is 0. The Morgan fingerprint density at radius 2 is 2.33 bits per heavy atom. The molecule has 0 bridgehead atoms. The van der Waals surface area contributed by atoms with Crippen LogP contribution in [0.25, 0.3) is 0 Å². The third-order valence-corrected chi connectivity index (χ3v) is 2.69. The SMILES string of the molecule is C[C@@H]1NC[C@@H]2CCCN2C1=O.Cl. The van der Waals surface area contributed by atoms with Crippen molar-refractivity contribution in [2.24, 2.45) is 0 Å². The lowest BCUT2D eigenvalue weighted by molar-refractivity contribution is -0.136. The highest BCUT2D eigenvalue weighted by molar-refractivity contribution is 5.85. The lowest BCUT2D eigenvalue weighted by Crippen LogP contribution is -2.56. The van der Waals surface area contributed by atoms with E-state index in [1.165, 1.54) is 12.8 Å². The highest BCUT2D eigenvalue weighted by Gasteiger charge is 2.35. The summed E-state index contributed by atoms with van der Waals surface area (Å²) in [5.74, 6) is 0.291. The van der Waals surface area contributed by atoms with Gasteiger partial charge in [-0.25, -0.2) is 0 Å². The van der Waals surface area contributed by atoms with E-state index in [1.54, 1.807) is 0 Å². The van der Waals surface area contributed by atoms with E-state index in [1.807, 2.05) is 11.8 Å². The molecule has 2 aliphatic rings. The predicted molar refractivity (Wildman–Crippen MR) is 49.4 cm³/mol. The van der Waals surface area contributed by atoms with E-state index in [2.05, 4.69) is 5.32 Å². The van der Waals surface area contributed by atoms with Crippen LogP contribution in [-0.4, -0.2) is 36.0 Å². The van der Waals surface area contributed by atoms with E-state index < -0.39 is 0 Å². The van der Waals surface area contributed by atoms with Crippen LogP contribution in [0.4, 0.5) is 0 Å². The molecule has 0 unspecified atom stereocenters. The number of rotatable bonds is 0. The van der Waals surface area contributed by atoms with Gasteiger partial charge in [0, 0.05) is 19.1 Å².